The van der Waals surface area contributed by atoms with Crippen molar-refractivity contribution in [3.63, 3.8) is 0 Å². The molecule has 0 saturated heterocycles. The number of hydrogen-bond acceptors (Lipinski definition) is 3. The van der Waals surface area contributed by atoms with E-state index in [2.05, 4.69) is 9.97 Å². The molecule has 2 aromatic rings. The van der Waals surface area contributed by atoms with Gasteiger partial charge < -0.3 is 10.1 Å². The quantitative estimate of drug-likeness (QED) is 0.765. The Kier molecular flexibility index (Phi) is 3.12. The van der Waals surface area contributed by atoms with Crippen LogP contribution in [-0.2, 0) is 0 Å². The predicted octanol–water partition coefficient (Wildman–Crippen LogP) is 1.72. The van der Waals surface area contributed by atoms with Crippen LogP contribution in [0.15, 0.2) is 42.7 Å². The molecular formula is C12H12N2O2. The zero-order valence-corrected chi connectivity index (χ0v) is 8.63. The van der Waals surface area contributed by atoms with E-state index in [9.17, 15) is 9.90 Å². The van der Waals surface area contributed by atoms with Crippen molar-refractivity contribution in [3.8, 4) is 0 Å². The lowest BCUT2D eigenvalue weighted by Crippen LogP contribution is -2.08. The van der Waals surface area contributed by atoms with E-state index in [4.69, 9.17) is 0 Å². The highest BCUT2D eigenvalue weighted by Gasteiger charge is 2.15. The number of nitrogens with zero attached hydrogens (tertiary/aromatic N) is 1. The highest BCUT2D eigenvalue weighted by molar-refractivity contribution is 5.92. The fourth-order valence-corrected chi connectivity index (χ4v) is 1.48. The van der Waals surface area contributed by atoms with Gasteiger partial charge in [-0.1, -0.05) is 30.3 Å². The summed E-state index contributed by atoms with van der Waals surface area (Å²) in [5.74, 6) is 0.0938. The number of Topliss-reactive ketones (excluding diaryl/α,β-unsaturated/α-hetero) is 1. The van der Waals surface area contributed by atoms with Gasteiger partial charge in [0.1, 0.15) is 0 Å². The third kappa shape index (κ3) is 2.35. The van der Waals surface area contributed by atoms with E-state index in [0.29, 0.717) is 0 Å². The number of aromatic amines is 1. The lowest BCUT2D eigenvalue weighted by Gasteiger charge is -2.08. The minimum Gasteiger partial charge on any atom is -0.388 e. The average molecular weight is 216 g/mol. The fourth-order valence-electron chi connectivity index (χ4n) is 1.48. The smallest absolute Gasteiger partial charge is 0.200 e. The number of carbonyl (C=O) groups excluding carboxylic acids is 1. The number of hydrogen-bond donors (Lipinski definition) is 2. The first-order valence-corrected chi connectivity index (χ1v) is 5.03. The van der Waals surface area contributed by atoms with Crippen LogP contribution in [0.4, 0.5) is 0 Å². The third-order valence-electron chi connectivity index (χ3n) is 2.33. The molecule has 0 spiro atoms. The Morgan fingerprint density at radius 2 is 2.12 bits per heavy atom. The van der Waals surface area contributed by atoms with Gasteiger partial charge in [0.2, 0.25) is 5.78 Å². The van der Waals surface area contributed by atoms with Crippen LogP contribution in [-0.4, -0.2) is 20.9 Å². The van der Waals surface area contributed by atoms with Crippen LogP contribution < -0.4 is 0 Å². The van der Waals surface area contributed by atoms with E-state index in [0.717, 1.165) is 5.56 Å². The van der Waals surface area contributed by atoms with Crippen molar-refractivity contribution in [1.29, 1.82) is 0 Å². The molecule has 16 heavy (non-hydrogen) atoms. The van der Waals surface area contributed by atoms with Crippen LogP contribution in [0.1, 0.15) is 28.7 Å². The van der Waals surface area contributed by atoms with Crippen LogP contribution in [0.3, 0.4) is 0 Å². The molecule has 4 heteroatoms. The number of H-pyrrole nitrogens is 1. The van der Waals surface area contributed by atoms with Gasteiger partial charge in [-0.25, -0.2) is 4.98 Å². The summed E-state index contributed by atoms with van der Waals surface area (Å²) in [6.07, 6.45) is 2.36. The molecule has 2 N–H and O–H groups in total. The van der Waals surface area contributed by atoms with Crippen molar-refractivity contribution in [2.75, 3.05) is 0 Å². The Labute approximate surface area is 93.0 Å². The van der Waals surface area contributed by atoms with E-state index in [1.807, 2.05) is 18.2 Å². The van der Waals surface area contributed by atoms with E-state index in [-0.39, 0.29) is 18.0 Å². The van der Waals surface area contributed by atoms with E-state index in [1.54, 1.807) is 18.3 Å². The molecule has 0 unspecified atom stereocenters. The van der Waals surface area contributed by atoms with Crippen LogP contribution in [0.2, 0.25) is 0 Å². The average Bonchev–Trinajstić information content (AvgIpc) is 2.83. The molecule has 0 saturated carbocycles. The molecule has 1 aromatic carbocycles. The number of nitrogens with one attached hydrogen (secondary N) is 1. The van der Waals surface area contributed by atoms with Crippen LogP contribution >= 0.6 is 0 Å². The first-order valence-electron chi connectivity index (χ1n) is 5.03. The molecule has 1 atom stereocenters. The SMILES string of the molecule is O=C(C[C@@H](O)c1ccccc1)c1ncc[nH]1. The van der Waals surface area contributed by atoms with Crippen LogP contribution in [0, 0.1) is 0 Å². The van der Waals surface area contributed by atoms with E-state index >= 15 is 0 Å². The van der Waals surface area contributed by atoms with E-state index < -0.39 is 6.10 Å². The normalized spacial score (nSPS) is 12.3. The number of ketones is 1. The molecule has 2 rings (SSSR count). The Morgan fingerprint density at radius 1 is 1.38 bits per heavy atom. The summed E-state index contributed by atoms with van der Waals surface area (Å²) >= 11 is 0. The Balaban J connectivity index is 2.03. The third-order valence-corrected chi connectivity index (χ3v) is 2.33. The maximum absolute atomic E-state index is 11.6. The number of aromatic nitrogens is 2. The number of rotatable bonds is 4. The Morgan fingerprint density at radius 3 is 2.75 bits per heavy atom. The van der Waals surface area contributed by atoms with Crippen molar-refractivity contribution < 1.29 is 9.90 Å². The monoisotopic (exact) mass is 216 g/mol. The summed E-state index contributed by atoms with van der Waals surface area (Å²) in [5.41, 5.74) is 0.738. The van der Waals surface area contributed by atoms with Gasteiger partial charge in [0.15, 0.2) is 5.82 Å². The Hall–Kier alpha value is -1.94. The Bertz CT molecular complexity index is 451. The number of carbonyl (C=O) groups is 1. The summed E-state index contributed by atoms with van der Waals surface area (Å²) in [6.45, 7) is 0. The molecule has 4 nitrogen and oxygen atoms in total. The van der Waals surface area contributed by atoms with Gasteiger partial charge in [-0.05, 0) is 5.56 Å². The molecule has 0 fully saturated rings. The van der Waals surface area contributed by atoms with Crippen molar-refractivity contribution in [1.82, 2.24) is 9.97 Å². The molecule has 0 amide bonds. The minimum absolute atomic E-state index is 0.0392. The summed E-state index contributed by atoms with van der Waals surface area (Å²) < 4.78 is 0. The molecular weight excluding hydrogens is 204 g/mol. The van der Waals surface area contributed by atoms with Gasteiger partial charge in [-0.2, -0.15) is 0 Å². The lowest BCUT2D eigenvalue weighted by atomic mass is 10.0. The van der Waals surface area contributed by atoms with Gasteiger partial charge in [0, 0.05) is 18.8 Å². The number of aliphatic hydroxyl groups excluding tert-OH is 1. The first-order chi connectivity index (χ1) is 7.77. The second-order valence-corrected chi connectivity index (χ2v) is 3.49. The fraction of sp³-hybridized carbons (Fsp3) is 0.167. The van der Waals surface area contributed by atoms with Crippen molar-refractivity contribution in [2.45, 2.75) is 12.5 Å². The second-order valence-electron chi connectivity index (χ2n) is 3.49. The van der Waals surface area contributed by atoms with Gasteiger partial charge in [-0.3, -0.25) is 4.79 Å². The minimum atomic E-state index is -0.779. The second kappa shape index (κ2) is 4.72. The maximum Gasteiger partial charge on any atom is 0.200 e. The largest absolute Gasteiger partial charge is 0.388 e. The topological polar surface area (TPSA) is 66.0 Å². The summed E-state index contributed by atoms with van der Waals surface area (Å²) in [5, 5.41) is 9.83. The predicted molar refractivity (Wildman–Crippen MR) is 58.9 cm³/mol. The highest BCUT2D eigenvalue weighted by Crippen LogP contribution is 2.17. The molecule has 0 aliphatic heterocycles. The zero-order chi connectivity index (χ0) is 11.4. The molecule has 1 heterocycles. The molecule has 0 bridgehead atoms. The van der Waals surface area contributed by atoms with Crippen molar-refractivity contribution >= 4 is 5.78 Å². The number of imidazole rings is 1. The van der Waals surface area contributed by atoms with Gasteiger partial charge in [0.25, 0.3) is 0 Å². The van der Waals surface area contributed by atoms with Gasteiger partial charge in [-0.15, -0.1) is 0 Å². The molecule has 1 aromatic heterocycles. The zero-order valence-electron chi connectivity index (χ0n) is 8.63. The van der Waals surface area contributed by atoms with Crippen LogP contribution in [0.25, 0.3) is 0 Å². The molecule has 0 aliphatic rings. The maximum atomic E-state index is 11.6. The summed E-state index contributed by atoms with van der Waals surface area (Å²) in [7, 11) is 0. The van der Waals surface area contributed by atoms with Crippen LogP contribution in [0.5, 0.6) is 0 Å². The number of benzene rings is 1. The standard InChI is InChI=1S/C12H12N2O2/c15-10(9-4-2-1-3-5-9)8-11(16)12-13-6-7-14-12/h1-7,10,15H,8H2,(H,13,14)/t10-/m1/s1. The van der Waals surface area contributed by atoms with Gasteiger partial charge >= 0.3 is 0 Å². The molecule has 0 aliphatic carbocycles. The number of aliphatic hydroxyl groups is 1. The molecule has 0 radical (unpaired) electrons. The van der Waals surface area contributed by atoms with Gasteiger partial charge in [0.05, 0.1) is 6.10 Å². The first kappa shape index (κ1) is 10.6. The lowest BCUT2D eigenvalue weighted by molar-refractivity contribution is 0.0871. The molecule has 82 valence electrons. The van der Waals surface area contributed by atoms with E-state index in [1.165, 1.54) is 6.20 Å². The highest BCUT2D eigenvalue weighted by atomic mass is 16.3. The van der Waals surface area contributed by atoms with Crippen molar-refractivity contribution in [3.05, 3.63) is 54.1 Å². The summed E-state index contributed by atoms with van der Waals surface area (Å²) in [4.78, 5) is 18.2. The summed E-state index contributed by atoms with van der Waals surface area (Å²) in [6, 6.07) is 9.11. The van der Waals surface area contributed by atoms with Crippen molar-refractivity contribution in [2.24, 2.45) is 0 Å².